The van der Waals surface area contributed by atoms with Crippen molar-refractivity contribution in [1.82, 2.24) is 0 Å². The predicted octanol–water partition coefficient (Wildman–Crippen LogP) is 3.14. The molecule has 14 heavy (non-hydrogen) atoms. The third-order valence-electron chi connectivity index (χ3n) is 1.48. The Morgan fingerprint density at radius 2 is 1.86 bits per heavy atom. The predicted molar refractivity (Wildman–Crippen MR) is 57.7 cm³/mol. The summed E-state index contributed by atoms with van der Waals surface area (Å²) in [5, 5.41) is 2.23. The second kappa shape index (κ2) is 9.58. The molecule has 0 aliphatic heterocycles. The minimum Gasteiger partial charge on any atom is -0.264 e. The zero-order chi connectivity index (χ0) is 10.6. The molecule has 0 heterocycles. The van der Waals surface area contributed by atoms with Crippen molar-refractivity contribution in [1.29, 1.82) is 0 Å². The maximum absolute atomic E-state index is 10.4. The van der Waals surface area contributed by atoms with E-state index in [4.69, 9.17) is 0 Å². The van der Waals surface area contributed by atoms with E-state index < -0.39 is 5.91 Å². The van der Waals surface area contributed by atoms with Gasteiger partial charge in [-0.2, -0.15) is 0 Å². The van der Waals surface area contributed by atoms with Crippen molar-refractivity contribution in [3.8, 4) is 0 Å². The maximum Gasteiger partial charge on any atom is 0.309 e. The summed E-state index contributed by atoms with van der Waals surface area (Å²) in [6, 6.07) is 0. The number of carbonyl (C=O) groups is 1. The molecule has 0 bridgehead atoms. The van der Waals surface area contributed by atoms with Crippen molar-refractivity contribution in [2.24, 2.45) is 5.18 Å². The van der Waals surface area contributed by atoms with Gasteiger partial charge in [0.15, 0.2) is 0 Å². The number of rotatable bonds is 6. The molecule has 0 aliphatic carbocycles. The van der Waals surface area contributed by atoms with Crippen LogP contribution in [-0.4, -0.2) is 5.91 Å². The number of carbonyl (C=O) groups excluding carboxylic acids is 1. The smallest absolute Gasteiger partial charge is 0.264 e. The Morgan fingerprint density at radius 1 is 1.14 bits per heavy atom. The van der Waals surface area contributed by atoms with Gasteiger partial charge in [-0.25, -0.2) is 0 Å². The molecule has 0 atom stereocenters. The maximum atomic E-state index is 10.4. The number of nitroso groups, excluding NO2 is 1. The Bertz CT molecular complexity index is 252. The molecule has 0 N–H and O–H groups in total. The molecule has 0 radical (unpaired) electrons. The summed E-state index contributed by atoms with van der Waals surface area (Å²) in [5.74, 6) is -0.750. The number of nitrogens with zero attached hydrogens (tertiary/aromatic N) is 1. The van der Waals surface area contributed by atoms with Crippen LogP contribution in [0.15, 0.2) is 41.6 Å². The molecule has 0 aliphatic rings. The van der Waals surface area contributed by atoms with Gasteiger partial charge in [0.05, 0.1) is 0 Å². The molecular formula is C11H15NO2. The molecule has 0 rings (SSSR count). The highest BCUT2D eigenvalue weighted by Crippen LogP contribution is 1.94. The van der Waals surface area contributed by atoms with Crippen molar-refractivity contribution >= 4 is 5.91 Å². The highest BCUT2D eigenvalue weighted by Gasteiger charge is 1.87. The van der Waals surface area contributed by atoms with Gasteiger partial charge in [-0.05, 0) is 19.3 Å². The lowest BCUT2D eigenvalue weighted by atomic mass is 10.2. The molecule has 0 aromatic heterocycles. The van der Waals surface area contributed by atoms with E-state index in [1.54, 1.807) is 6.08 Å². The van der Waals surface area contributed by atoms with Gasteiger partial charge in [0.2, 0.25) is 0 Å². The van der Waals surface area contributed by atoms with E-state index in [-0.39, 0.29) is 0 Å². The molecule has 0 fully saturated rings. The number of amides is 1. The fourth-order valence-corrected chi connectivity index (χ4v) is 0.820. The molecule has 0 saturated heterocycles. The van der Waals surface area contributed by atoms with Crippen LogP contribution in [-0.2, 0) is 4.79 Å². The zero-order valence-corrected chi connectivity index (χ0v) is 8.35. The molecular weight excluding hydrogens is 178 g/mol. The second-order valence-corrected chi connectivity index (χ2v) is 2.67. The summed E-state index contributed by atoms with van der Waals surface area (Å²) in [4.78, 5) is 20.0. The molecule has 3 nitrogen and oxygen atoms in total. The van der Waals surface area contributed by atoms with Crippen LogP contribution >= 0.6 is 0 Å². The van der Waals surface area contributed by atoms with E-state index in [0.29, 0.717) is 0 Å². The average molecular weight is 193 g/mol. The normalized spacial score (nSPS) is 11.8. The van der Waals surface area contributed by atoms with Gasteiger partial charge in [-0.15, -0.1) is 4.91 Å². The molecule has 76 valence electrons. The SMILES string of the molecule is CC/C=C\CC/C=C/C=C/C(=O)N=O. The largest absolute Gasteiger partial charge is 0.309 e. The highest BCUT2D eigenvalue weighted by atomic mass is 16.3. The fourth-order valence-electron chi connectivity index (χ4n) is 0.820. The average Bonchev–Trinajstić information content (AvgIpc) is 2.21. The van der Waals surface area contributed by atoms with Crippen molar-refractivity contribution in [2.75, 3.05) is 0 Å². The summed E-state index contributed by atoms with van der Waals surface area (Å²) in [5.41, 5.74) is 0. The van der Waals surface area contributed by atoms with Crippen LogP contribution in [0.1, 0.15) is 26.2 Å². The van der Waals surface area contributed by atoms with Crippen LogP contribution in [0.4, 0.5) is 0 Å². The topological polar surface area (TPSA) is 46.5 Å². The van der Waals surface area contributed by atoms with Gasteiger partial charge in [0.25, 0.3) is 0 Å². The van der Waals surface area contributed by atoms with E-state index in [9.17, 15) is 9.70 Å². The Hall–Kier alpha value is -1.51. The number of hydrogen-bond donors (Lipinski definition) is 0. The van der Waals surface area contributed by atoms with Gasteiger partial charge in [-0.1, -0.05) is 37.3 Å². The summed E-state index contributed by atoms with van der Waals surface area (Å²) in [7, 11) is 0. The van der Waals surface area contributed by atoms with Crippen LogP contribution in [0, 0.1) is 4.91 Å². The standard InChI is InChI=1S/C11H15NO2/c1-2-3-4-5-6-7-8-9-10-11(13)12-14/h3-4,7-10H,2,5-6H2,1H3/b4-3-,8-7+,10-9+. The molecule has 0 aromatic rings. The summed E-state index contributed by atoms with van der Waals surface area (Å²) < 4.78 is 0. The van der Waals surface area contributed by atoms with Gasteiger partial charge >= 0.3 is 5.91 Å². The Morgan fingerprint density at radius 3 is 2.50 bits per heavy atom. The lowest BCUT2D eigenvalue weighted by Crippen LogP contribution is -1.80. The Balaban J connectivity index is 3.54. The highest BCUT2D eigenvalue weighted by molar-refractivity contribution is 5.88. The third kappa shape index (κ3) is 8.59. The molecule has 3 heteroatoms. The number of unbranched alkanes of at least 4 members (excludes halogenated alkanes) is 1. The van der Waals surface area contributed by atoms with Gasteiger partial charge < -0.3 is 0 Å². The van der Waals surface area contributed by atoms with Crippen molar-refractivity contribution < 1.29 is 4.79 Å². The molecule has 0 spiro atoms. The Labute approximate surface area is 84.2 Å². The van der Waals surface area contributed by atoms with E-state index >= 15 is 0 Å². The van der Waals surface area contributed by atoms with Crippen LogP contribution in [0.25, 0.3) is 0 Å². The quantitative estimate of drug-likeness (QED) is 0.214. The van der Waals surface area contributed by atoms with E-state index in [0.717, 1.165) is 25.3 Å². The van der Waals surface area contributed by atoms with Crippen LogP contribution in [0.2, 0.25) is 0 Å². The second-order valence-electron chi connectivity index (χ2n) is 2.67. The summed E-state index contributed by atoms with van der Waals surface area (Å²) >= 11 is 0. The van der Waals surface area contributed by atoms with Gasteiger partial charge in [0.1, 0.15) is 0 Å². The van der Waals surface area contributed by atoms with Crippen molar-refractivity contribution in [3.05, 3.63) is 41.4 Å². The van der Waals surface area contributed by atoms with E-state index in [1.807, 2.05) is 6.08 Å². The first-order valence-corrected chi connectivity index (χ1v) is 4.66. The zero-order valence-electron chi connectivity index (χ0n) is 8.35. The third-order valence-corrected chi connectivity index (χ3v) is 1.48. The first kappa shape index (κ1) is 12.5. The molecule has 0 saturated carbocycles. The minimum absolute atomic E-state index is 0.750. The first-order valence-electron chi connectivity index (χ1n) is 4.66. The molecule has 0 aromatic carbocycles. The van der Waals surface area contributed by atoms with Crippen LogP contribution < -0.4 is 0 Å². The fraction of sp³-hybridized carbons (Fsp3) is 0.364. The Kier molecular flexibility index (Phi) is 8.54. The molecule has 0 unspecified atom stereocenters. The monoisotopic (exact) mass is 193 g/mol. The summed E-state index contributed by atoms with van der Waals surface area (Å²) in [6.45, 7) is 2.09. The van der Waals surface area contributed by atoms with Gasteiger partial charge in [-0.3, -0.25) is 4.79 Å². The van der Waals surface area contributed by atoms with Crippen molar-refractivity contribution in [3.63, 3.8) is 0 Å². The minimum atomic E-state index is -0.750. The number of hydrogen-bond acceptors (Lipinski definition) is 2. The van der Waals surface area contributed by atoms with Gasteiger partial charge in [0, 0.05) is 11.3 Å². The summed E-state index contributed by atoms with van der Waals surface area (Å²) in [6.07, 6.45) is 13.6. The molecule has 1 amide bonds. The lowest BCUT2D eigenvalue weighted by molar-refractivity contribution is -0.113. The van der Waals surface area contributed by atoms with E-state index in [1.165, 1.54) is 6.08 Å². The van der Waals surface area contributed by atoms with Crippen LogP contribution in [0.5, 0.6) is 0 Å². The first-order chi connectivity index (χ1) is 6.81. The number of allylic oxidation sites excluding steroid dienone is 5. The van der Waals surface area contributed by atoms with Crippen LogP contribution in [0.3, 0.4) is 0 Å². The van der Waals surface area contributed by atoms with Crippen molar-refractivity contribution in [2.45, 2.75) is 26.2 Å². The van der Waals surface area contributed by atoms with E-state index in [2.05, 4.69) is 24.3 Å². The lowest BCUT2D eigenvalue weighted by Gasteiger charge is -1.84.